The largest absolute Gasteiger partial charge is 0.393 e. The first-order chi connectivity index (χ1) is 17.6. The third-order valence-corrected chi connectivity index (χ3v) is 8.12. The summed E-state index contributed by atoms with van der Waals surface area (Å²) in [5.74, 6) is -0.289. The molecule has 1 aliphatic carbocycles. The van der Waals surface area contributed by atoms with E-state index in [0.29, 0.717) is 22.8 Å². The summed E-state index contributed by atoms with van der Waals surface area (Å²) in [7, 11) is -3.61. The van der Waals surface area contributed by atoms with Gasteiger partial charge in [-0.1, -0.05) is 30.3 Å². The molecular weight excluding hydrogens is 503 g/mol. The van der Waals surface area contributed by atoms with Gasteiger partial charge >= 0.3 is 6.18 Å². The van der Waals surface area contributed by atoms with E-state index in [1.807, 2.05) is 0 Å². The van der Waals surface area contributed by atoms with Crippen molar-refractivity contribution in [2.75, 3.05) is 0 Å². The molecule has 0 amide bonds. The third-order valence-electron chi connectivity index (χ3n) is 6.49. The first kappa shape index (κ1) is 25.0. The Morgan fingerprint density at radius 3 is 2.43 bits per heavy atom. The van der Waals surface area contributed by atoms with Gasteiger partial charge in [-0.2, -0.15) is 13.2 Å². The molecule has 1 aliphatic rings. The Hall–Kier alpha value is -3.66. The second kappa shape index (κ2) is 9.66. The molecule has 2 heterocycles. The molecule has 0 saturated heterocycles. The average Bonchev–Trinajstić information content (AvgIpc) is 3.65. The molecule has 1 unspecified atom stereocenters. The van der Waals surface area contributed by atoms with Gasteiger partial charge in [-0.3, -0.25) is 9.78 Å². The van der Waals surface area contributed by atoms with Gasteiger partial charge in [0, 0.05) is 42.5 Å². The van der Waals surface area contributed by atoms with Crippen molar-refractivity contribution in [1.82, 2.24) is 15.0 Å². The number of hydrogen-bond acceptors (Lipinski definition) is 6. The average molecular weight is 526 g/mol. The molecule has 0 radical (unpaired) electrons. The lowest BCUT2D eigenvalue weighted by Gasteiger charge is -2.10. The van der Waals surface area contributed by atoms with Gasteiger partial charge in [0.2, 0.25) is 0 Å². The number of carbonyl (C=O) groups is 1. The zero-order valence-corrected chi connectivity index (χ0v) is 20.3. The van der Waals surface area contributed by atoms with Crippen LogP contribution in [-0.2, 0) is 33.2 Å². The van der Waals surface area contributed by atoms with Gasteiger partial charge in [-0.25, -0.2) is 18.4 Å². The van der Waals surface area contributed by atoms with Gasteiger partial charge in [-0.05, 0) is 52.6 Å². The summed E-state index contributed by atoms with van der Waals surface area (Å²) in [4.78, 5) is 24.9. The van der Waals surface area contributed by atoms with E-state index in [0.717, 1.165) is 5.56 Å². The Kier molecular flexibility index (Phi) is 6.53. The number of halogens is 3. The lowest BCUT2D eigenvalue weighted by atomic mass is 9.98. The smallest absolute Gasteiger partial charge is 0.299 e. The minimum Gasteiger partial charge on any atom is -0.299 e. The van der Waals surface area contributed by atoms with E-state index < -0.39 is 22.4 Å². The number of benzene rings is 2. The monoisotopic (exact) mass is 525 g/mol. The first-order valence-corrected chi connectivity index (χ1v) is 13.3. The van der Waals surface area contributed by atoms with E-state index in [2.05, 4.69) is 15.0 Å². The van der Waals surface area contributed by atoms with E-state index in [9.17, 15) is 26.4 Å². The molecule has 5 rings (SSSR count). The van der Waals surface area contributed by atoms with Crippen LogP contribution in [0.2, 0.25) is 0 Å². The third kappa shape index (κ3) is 5.85. The zero-order valence-electron chi connectivity index (χ0n) is 19.5. The van der Waals surface area contributed by atoms with Gasteiger partial charge in [-0.15, -0.1) is 0 Å². The summed E-state index contributed by atoms with van der Waals surface area (Å²) in [6, 6.07) is 13.2. The van der Waals surface area contributed by atoms with Crippen LogP contribution in [0.15, 0.2) is 78.2 Å². The van der Waals surface area contributed by atoms with E-state index >= 15 is 0 Å². The lowest BCUT2D eigenvalue weighted by molar-refractivity contribution is -0.127. The fourth-order valence-electron chi connectivity index (χ4n) is 4.57. The Morgan fingerprint density at radius 2 is 1.73 bits per heavy atom. The molecule has 2 aromatic carbocycles. The maximum atomic E-state index is 13.0. The number of hydrogen-bond donors (Lipinski definition) is 0. The van der Waals surface area contributed by atoms with Gasteiger partial charge in [0.05, 0.1) is 11.3 Å². The molecule has 1 fully saturated rings. The summed E-state index contributed by atoms with van der Waals surface area (Å²) in [5, 5.41) is 1.04. The maximum Gasteiger partial charge on any atom is 0.393 e. The van der Waals surface area contributed by atoms with Crippen molar-refractivity contribution in [2.45, 2.75) is 42.0 Å². The highest BCUT2D eigenvalue weighted by molar-refractivity contribution is 7.90. The molecule has 1 saturated carbocycles. The van der Waals surface area contributed by atoms with E-state index in [4.69, 9.17) is 0 Å². The number of Topliss-reactive ketones (excluding diaryl/α,β-unsaturated/α-hetero) is 1. The summed E-state index contributed by atoms with van der Waals surface area (Å²) in [6.07, 6.45) is 1.04. The van der Waals surface area contributed by atoms with Crippen LogP contribution in [0, 0.1) is 5.92 Å². The Morgan fingerprint density at radius 1 is 1.00 bits per heavy atom. The highest BCUT2D eigenvalue weighted by Gasteiger charge is 2.43. The number of sulfone groups is 1. The predicted octanol–water partition coefficient (Wildman–Crippen LogP) is 5.02. The fraction of sp³-hybridized carbons (Fsp3) is 0.259. The van der Waals surface area contributed by atoms with Crippen molar-refractivity contribution < 1.29 is 26.4 Å². The number of rotatable bonds is 8. The van der Waals surface area contributed by atoms with Gasteiger partial charge in [0.25, 0.3) is 0 Å². The number of aromatic nitrogens is 3. The van der Waals surface area contributed by atoms with Crippen LogP contribution in [0.1, 0.15) is 34.9 Å². The quantitative estimate of drug-likeness (QED) is 0.321. The second-order valence-corrected chi connectivity index (χ2v) is 11.2. The molecule has 0 aliphatic heterocycles. The number of pyridine rings is 1. The second-order valence-electron chi connectivity index (χ2n) is 9.23. The number of nitrogens with zero attached hydrogens (tertiary/aromatic N) is 3. The van der Waals surface area contributed by atoms with Crippen molar-refractivity contribution in [3.8, 4) is 0 Å². The Balaban J connectivity index is 1.25. The van der Waals surface area contributed by atoms with Crippen LogP contribution < -0.4 is 0 Å². The van der Waals surface area contributed by atoms with Crippen molar-refractivity contribution >= 4 is 26.4 Å². The van der Waals surface area contributed by atoms with Crippen LogP contribution in [0.25, 0.3) is 10.8 Å². The Labute approximate surface area is 211 Å². The van der Waals surface area contributed by atoms with E-state index in [1.54, 1.807) is 36.4 Å². The SMILES string of the molecule is O=C(Cc1ccc2cncc(CC(F)(F)F)c2c1)[C@@H]1CC1c1ccc(S(=O)(=O)Cc2ncccn2)cc1. The molecule has 0 spiro atoms. The number of carbonyl (C=O) groups excluding carboxylic acids is 1. The highest BCUT2D eigenvalue weighted by atomic mass is 32.2. The van der Waals surface area contributed by atoms with Crippen molar-refractivity contribution in [3.05, 3.63) is 95.8 Å². The zero-order chi connectivity index (χ0) is 26.2. The molecule has 2 aromatic heterocycles. The number of fused-ring (bicyclic) bond motifs is 1. The molecule has 190 valence electrons. The Bertz CT molecular complexity index is 1560. The number of ketones is 1. The van der Waals surface area contributed by atoms with Crippen molar-refractivity contribution in [1.29, 1.82) is 0 Å². The molecule has 2 atom stereocenters. The van der Waals surface area contributed by atoms with Gasteiger partial charge in [0.15, 0.2) is 9.84 Å². The van der Waals surface area contributed by atoms with Crippen LogP contribution in [-0.4, -0.2) is 35.3 Å². The van der Waals surface area contributed by atoms with Crippen LogP contribution in [0.4, 0.5) is 13.2 Å². The molecule has 37 heavy (non-hydrogen) atoms. The summed E-state index contributed by atoms with van der Waals surface area (Å²) < 4.78 is 64.2. The molecule has 10 heteroatoms. The van der Waals surface area contributed by atoms with Crippen LogP contribution in [0.5, 0.6) is 0 Å². The minimum absolute atomic E-state index is 0.00726. The summed E-state index contributed by atoms with van der Waals surface area (Å²) in [6.45, 7) is 0. The molecule has 0 N–H and O–H groups in total. The van der Waals surface area contributed by atoms with Crippen molar-refractivity contribution in [2.24, 2.45) is 5.92 Å². The van der Waals surface area contributed by atoms with E-state index in [-0.39, 0.29) is 46.1 Å². The van der Waals surface area contributed by atoms with Crippen LogP contribution in [0.3, 0.4) is 0 Å². The maximum absolute atomic E-state index is 13.0. The normalized spacial score (nSPS) is 17.6. The predicted molar refractivity (Wildman–Crippen MR) is 130 cm³/mol. The fourth-order valence-corrected chi connectivity index (χ4v) is 5.78. The lowest BCUT2D eigenvalue weighted by Crippen LogP contribution is -2.12. The molecule has 4 aromatic rings. The molecule has 6 nitrogen and oxygen atoms in total. The molecule has 0 bridgehead atoms. The standard InChI is InChI=1S/C27H22F3N3O3S/c28-27(29,30)13-20-15-31-14-19-3-2-17(10-22(19)20)11-25(34)24-12-23(24)18-4-6-21(7-5-18)37(35,36)16-26-32-8-1-9-33-26/h1-10,14-15,23-24H,11-13,16H2/t23?,24-/m1/s1. The molecular formula is C27H22F3N3O3S. The highest BCUT2D eigenvalue weighted by Crippen LogP contribution is 2.48. The minimum atomic E-state index is -4.35. The van der Waals surface area contributed by atoms with E-state index in [1.165, 1.54) is 36.9 Å². The van der Waals surface area contributed by atoms with Gasteiger partial charge < -0.3 is 0 Å². The topological polar surface area (TPSA) is 89.9 Å². The number of alkyl halides is 3. The van der Waals surface area contributed by atoms with Crippen molar-refractivity contribution in [3.63, 3.8) is 0 Å². The van der Waals surface area contributed by atoms with Gasteiger partial charge in [0.1, 0.15) is 17.4 Å². The summed E-state index contributed by atoms with van der Waals surface area (Å²) in [5.41, 5.74) is 1.62. The summed E-state index contributed by atoms with van der Waals surface area (Å²) >= 11 is 0. The first-order valence-electron chi connectivity index (χ1n) is 11.6. The van der Waals surface area contributed by atoms with Crippen LogP contribution >= 0.6 is 0 Å².